The van der Waals surface area contributed by atoms with E-state index in [4.69, 9.17) is 0 Å². The fourth-order valence-electron chi connectivity index (χ4n) is 3.31. The SMILES string of the molecule is CCCC1(N2CCCCC2)CCSCC1. The molecule has 0 aromatic rings. The molecule has 0 aromatic heterocycles. The second-order valence-electron chi connectivity index (χ2n) is 5.13. The average Bonchev–Trinajstić information content (AvgIpc) is 2.32. The predicted octanol–water partition coefficient (Wildman–Crippen LogP) is 3.54. The van der Waals surface area contributed by atoms with Gasteiger partial charge in [0.1, 0.15) is 0 Å². The Bertz CT molecular complexity index is 175. The molecule has 15 heavy (non-hydrogen) atoms. The van der Waals surface area contributed by atoms with E-state index in [0.29, 0.717) is 5.54 Å². The third kappa shape index (κ3) is 2.71. The maximum absolute atomic E-state index is 2.85. The lowest BCUT2D eigenvalue weighted by molar-refractivity contribution is 0.0496. The van der Waals surface area contributed by atoms with Crippen molar-refractivity contribution in [2.75, 3.05) is 24.6 Å². The Balaban J connectivity index is 2.01. The van der Waals surface area contributed by atoms with Crippen LogP contribution >= 0.6 is 11.8 Å². The molecule has 0 aromatic carbocycles. The zero-order valence-electron chi connectivity index (χ0n) is 10.1. The molecular weight excluding hydrogens is 202 g/mol. The molecule has 0 amide bonds. The van der Waals surface area contributed by atoms with E-state index in [-0.39, 0.29) is 0 Å². The molecule has 0 spiro atoms. The van der Waals surface area contributed by atoms with Gasteiger partial charge in [-0.3, -0.25) is 4.90 Å². The van der Waals surface area contributed by atoms with E-state index in [1.54, 1.807) is 0 Å². The van der Waals surface area contributed by atoms with Crippen molar-refractivity contribution >= 4 is 11.8 Å². The van der Waals surface area contributed by atoms with Gasteiger partial charge in [-0.05, 0) is 56.7 Å². The number of likely N-dealkylation sites (tertiary alicyclic amines) is 1. The summed E-state index contributed by atoms with van der Waals surface area (Å²) in [6.07, 6.45) is 10.1. The summed E-state index contributed by atoms with van der Waals surface area (Å²) in [5.74, 6) is 2.80. The van der Waals surface area contributed by atoms with E-state index in [1.165, 1.54) is 69.5 Å². The van der Waals surface area contributed by atoms with E-state index >= 15 is 0 Å². The summed E-state index contributed by atoms with van der Waals surface area (Å²) < 4.78 is 0. The molecule has 2 fully saturated rings. The number of piperidine rings is 1. The predicted molar refractivity (Wildman–Crippen MR) is 69.6 cm³/mol. The van der Waals surface area contributed by atoms with Crippen LogP contribution in [-0.2, 0) is 0 Å². The summed E-state index contributed by atoms with van der Waals surface area (Å²) in [7, 11) is 0. The molecule has 88 valence electrons. The molecule has 0 unspecified atom stereocenters. The lowest BCUT2D eigenvalue weighted by Crippen LogP contribution is -2.52. The summed E-state index contributed by atoms with van der Waals surface area (Å²) in [6.45, 7) is 5.11. The molecule has 2 heteroatoms. The van der Waals surface area contributed by atoms with Crippen molar-refractivity contribution in [2.24, 2.45) is 0 Å². The molecule has 1 nitrogen and oxygen atoms in total. The Morgan fingerprint density at radius 1 is 1.07 bits per heavy atom. The monoisotopic (exact) mass is 227 g/mol. The van der Waals surface area contributed by atoms with Gasteiger partial charge in [0.05, 0.1) is 0 Å². The second-order valence-corrected chi connectivity index (χ2v) is 6.36. The van der Waals surface area contributed by atoms with Gasteiger partial charge in [-0.25, -0.2) is 0 Å². The van der Waals surface area contributed by atoms with Crippen LogP contribution in [0.15, 0.2) is 0 Å². The maximum Gasteiger partial charge on any atom is 0.0225 e. The third-order valence-corrected chi connectivity index (χ3v) is 5.15. The lowest BCUT2D eigenvalue weighted by atomic mass is 9.84. The Kier molecular flexibility index (Phi) is 4.39. The first-order valence-electron chi connectivity index (χ1n) is 6.70. The molecule has 0 atom stereocenters. The van der Waals surface area contributed by atoms with Crippen LogP contribution < -0.4 is 0 Å². The summed E-state index contributed by atoms with van der Waals surface area (Å²) in [5, 5.41) is 0. The molecular formula is C13H25NS. The van der Waals surface area contributed by atoms with Crippen molar-refractivity contribution in [3.05, 3.63) is 0 Å². The molecule has 0 N–H and O–H groups in total. The van der Waals surface area contributed by atoms with Crippen molar-refractivity contribution in [2.45, 2.75) is 57.4 Å². The molecule has 0 radical (unpaired) electrons. The number of nitrogens with zero attached hydrogens (tertiary/aromatic N) is 1. The molecule has 2 aliphatic heterocycles. The zero-order valence-corrected chi connectivity index (χ0v) is 11.0. The van der Waals surface area contributed by atoms with Crippen LogP contribution in [0.1, 0.15) is 51.9 Å². The van der Waals surface area contributed by atoms with Crippen LogP contribution in [0.5, 0.6) is 0 Å². The van der Waals surface area contributed by atoms with Gasteiger partial charge in [-0.15, -0.1) is 0 Å². The zero-order chi connectivity index (χ0) is 10.6. The average molecular weight is 227 g/mol. The molecule has 2 saturated heterocycles. The normalized spacial score (nSPS) is 27.8. The quantitative estimate of drug-likeness (QED) is 0.725. The highest BCUT2D eigenvalue weighted by Gasteiger charge is 2.37. The highest BCUT2D eigenvalue weighted by Crippen LogP contribution is 2.37. The summed E-state index contributed by atoms with van der Waals surface area (Å²) in [6, 6.07) is 0. The summed E-state index contributed by atoms with van der Waals surface area (Å²) >= 11 is 2.16. The van der Waals surface area contributed by atoms with Crippen molar-refractivity contribution in [1.29, 1.82) is 0 Å². The van der Waals surface area contributed by atoms with Gasteiger partial charge >= 0.3 is 0 Å². The lowest BCUT2D eigenvalue weighted by Gasteiger charge is -2.48. The van der Waals surface area contributed by atoms with Gasteiger partial charge < -0.3 is 0 Å². The van der Waals surface area contributed by atoms with Crippen LogP contribution in [0.25, 0.3) is 0 Å². The largest absolute Gasteiger partial charge is 0.298 e. The van der Waals surface area contributed by atoms with Gasteiger partial charge in [0, 0.05) is 5.54 Å². The first-order valence-corrected chi connectivity index (χ1v) is 7.86. The van der Waals surface area contributed by atoms with E-state index in [9.17, 15) is 0 Å². The minimum absolute atomic E-state index is 0.612. The number of hydrogen-bond donors (Lipinski definition) is 0. The van der Waals surface area contributed by atoms with Gasteiger partial charge in [0.15, 0.2) is 0 Å². The fourth-order valence-corrected chi connectivity index (χ4v) is 4.56. The summed E-state index contributed by atoms with van der Waals surface area (Å²) in [5.41, 5.74) is 0.612. The highest BCUT2D eigenvalue weighted by atomic mass is 32.2. The Labute approximate surface area is 99.0 Å². The van der Waals surface area contributed by atoms with Crippen LogP contribution in [0.4, 0.5) is 0 Å². The number of hydrogen-bond acceptors (Lipinski definition) is 2. The number of rotatable bonds is 3. The van der Waals surface area contributed by atoms with E-state index in [2.05, 4.69) is 23.6 Å². The van der Waals surface area contributed by atoms with Crippen LogP contribution in [-0.4, -0.2) is 35.0 Å². The van der Waals surface area contributed by atoms with Crippen molar-refractivity contribution < 1.29 is 0 Å². The second kappa shape index (κ2) is 5.58. The van der Waals surface area contributed by atoms with Crippen LogP contribution in [0.3, 0.4) is 0 Å². The van der Waals surface area contributed by atoms with Gasteiger partial charge in [0.25, 0.3) is 0 Å². The van der Waals surface area contributed by atoms with Gasteiger partial charge in [-0.1, -0.05) is 19.8 Å². The van der Waals surface area contributed by atoms with Gasteiger partial charge in [-0.2, -0.15) is 11.8 Å². The van der Waals surface area contributed by atoms with Crippen molar-refractivity contribution in [3.63, 3.8) is 0 Å². The molecule has 2 heterocycles. The molecule has 2 rings (SSSR count). The first-order chi connectivity index (χ1) is 7.37. The molecule has 0 aliphatic carbocycles. The van der Waals surface area contributed by atoms with Crippen LogP contribution in [0.2, 0.25) is 0 Å². The molecule has 2 aliphatic rings. The Morgan fingerprint density at radius 2 is 1.73 bits per heavy atom. The van der Waals surface area contributed by atoms with E-state index in [0.717, 1.165) is 0 Å². The van der Waals surface area contributed by atoms with Crippen molar-refractivity contribution in [3.8, 4) is 0 Å². The molecule has 0 bridgehead atoms. The van der Waals surface area contributed by atoms with E-state index < -0.39 is 0 Å². The van der Waals surface area contributed by atoms with Crippen LogP contribution in [0, 0.1) is 0 Å². The Morgan fingerprint density at radius 3 is 2.33 bits per heavy atom. The van der Waals surface area contributed by atoms with Gasteiger partial charge in [0.2, 0.25) is 0 Å². The third-order valence-electron chi connectivity index (χ3n) is 4.17. The topological polar surface area (TPSA) is 3.24 Å². The maximum atomic E-state index is 2.85. The number of thioether (sulfide) groups is 1. The van der Waals surface area contributed by atoms with Crippen molar-refractivity contribution in [1.82, 2.24) is 4.90 Å². The Hall–Kier alpha value is 0.310. The van der Waals surface area contributed by atoms with E-state index in [1.807, 2.05) is 0 Å². The minimum Gasteiger partial charge on any atom is -0.298 e. The summed E-state index contributed by atoms with van der Waals surface area (Å²) in [4.78, 5) is 2.85. The standard InChI is InChI=1S/C13H25NS/c1-2-6-13(7-11-15-12-8-13)14-9-4-3-5-10-14/h2-12H2,1H3. The first kappa shape index (κ1) is 11.8. The smallest absolute Gasteiger partial charge is 0.0225 e. The molecule has 0 saturated carbocycles. The highest BCUT2D eigenvalue weighted by molar-refractivity contribution is 7.99. The fraction of sp³-hybridized carbons (Fsp3) is 1.00. The minimum atomic E-state index is 0.612.